The molecule has 0 aliphatic heterocycles. The first-order valence-electron chi connectivity index (χ1n) is 5.92. The van der Waals surface area contributed by atoms with Gasteiger partial charge in [-0.25, -0.2) is 13.1 Å². The van der Waals surface area contributed by atoms with Crippen LogP contribution in [0.5, 0.6) is 0 Å². The third-order valence-electron chi connectivity index (χ3n) is 2.64. The van der Waals surface area contributed by atoms with Crippen LogP contribution in [0, 0.1) is 0 Å². The van der Waals surface area contributed by atoms with Crippen molar-refractivity contribution in [2.24, 2.45) is 0 Å². The fourth-order valence-corrected chi connectivity index (χ4v) is 3.84. The molecule has 1 aromatic heterocycles. The molecule has 5 nitrogen and oxygen atoms in total. The van der Waals surface area contributed by atoms with Crippen molar-refractivity contribution < 1.29 is 13.2 Å². The van der Waals surface area contributed by atoms with Gasteiger partial charge in [0, 0.05) is 31.1 Å². The number of thiophene rings is 1. The zero-order valence-corrected chi connectivity index (χ0v) is 11.9. The number of hydrogen-bond donors (Lipinski definition) is 2. The van der Waals surface area contributed by atoms with E-state index in [1.807, 2.05) is 6.07 Å². The van der Waals surface area contributed by atoms with Crippen LogP contribution in [-0.4, -0.2) is 34.7 Å². The average Bonchev–Trinajstić information content (AvgIpc) is 3.03. The summed E-state index contributed by atoms with van der Waals surface area (Å²) < 4.78 is 31.5. The number of ether oxygens (including phenoxy) is 1. The summed E-state index contributed by atoms with van der Waals surface area (Å²) >= 11 is 1.31. The van der Waals surface area contributed by atoms with E-state index in [2.05, 4.69) is 10.0 Å². The van der Waals surface area contributed by atoms with Gasteiger partial charge in [-0.05, 0) is 25.0 Å². The van der Waals surface area contributed by atoms with E-state index in [4.69, 9.17) is 4.74 Å². The highest BCUT2D eigenvalue weighted by atomic mass is 32.2. The molecule has 1 fully saturated rings. The molecule has 0 bridgehead atoms. The van der Waals surface area contributed by atoms with Gasteiger partial charge in [0.25, 0.3) is 0 Å². The molecule has 0 amide bonds. The second-order valence-corrected chi connectivity index (χ2v) is 7.43. The zero-order chi connectivity index (χ0) is 13.0. The highest BCUT2D eigenvalue weighted by Gasteiger charge is 2.21. The van der Waals surface area contributed by atoms with Gasteiger partial charge in [-0.3, -0.25) is 0 Å². The Morgan fingerprint density at radius 3 is 2.89 bits per heavy atom. The van der Waals surface area contributed by atoms with E-state index in [-0.39, 0.29) is 0 Å². The number of methoxy groups -OCH3 is 1. The molecule has 0 aromatic carbocycles. The van der Waals surface area contributed by atoms with Crippen molar-refractivity contribution in [3.8, 4) is 0 Å². The minimum absolute atomic E-state index is 0.298. The van der Waals surface area contributed by atoms with Gasteiger partial charge in [-0.2, -0.15) is 0 Å². The summed E-state index contributed by atoms with van der Waals surface area (Å²) in [6.45, 7) is 1.43. The van der Waals surface area contributed by atoms with E-state index < -0.39 is 10.0 Å². The summed E-state index contributed by atoms with van der Waals surface area (Å²) in [7, 11) is -1.83. The Kier molecular flexibility index (Phi) is 4.74. The van der Waals surface area contributed by atoms with Crippen molar-refractivity contribution in [3.63, 3.8) is 0 Å². The molecule has 18 heavy (non-hydrogen) atoms. The van der Waals surface area contributed by atoms with Crippen LogP contribution in [0.1, 0.15) is 17.7 Å². The molecule has 0 spiro atoms. The Morgan fingerprint density at radius 1 is 1.44 bits per heavy atom. The van der Waals surface area contributed by atoms with Crippen molar-refractivity contribution in [1.29, 1.82) is 0 Å². The molecule has 0 atom stereocenters. The minimum Gasteiger partial charge on any atom is -0.383 e. The Bertz CT molecular complexity index is 480. The molecule has 2 N–H and O–H groups in total. The lowest BCUT2D eigenvalue weighted by Gasteiger charge is -2.03. The molecule has 0 radical (unpaired) electrons. The van der Waals surface area contributed by atoms with E-state index in [0.717, 1.165) is 11.4 Å². The van der Waals surface area contributed by atoms with Crippen LogP contribution in [0.15, 0.2) is 16.3 Å². The summed E-state index contributed by atoms with van der Waals surface area (Å²) in [5.41, 5.74) is 0. The van der Waals surface area contributed by atoms with Gasteiger partial charge in [0.15, 0.2) is 0 Å². The summed E-state index contributed by atoms with van der Waals surface area (Å²) in [6, 6.07) is 4.15. The predicted octanol–water partition coefficient (Wildman–Crippen LogP) is 0.925. The number of nitrogens with one attached hydrogen (secondary N) is 2. The van der Waals surface area contributed by atoms with Crippen LogP contribution in [0.25, 0.3) is 0 Å². The largest absolute Gasteiger partial charge is 0.383 e. The average molecular weight is 290 g/mol. The van der Waals surface area contributed by atoms with Gasteiger partial charge >= 0.3 is 0 Å². The van der Waals surface area contributed by atoms with Crippen molar-refractivity contribution in [3.05, 3.63) is 17.0 Å². The predicted molar refractivity (Wildman–Crippen MR) is 71.2 cm³/mol. The Balaban J connectivity index is 1.90. The lowest BCUT2D eigenvalue weighted by atomic mass is 10.4. The molecular weight excluding hydrogens is 272 g/mol. The van der Waals surface area contributed by atoms with E-state index in [1.165, 1.54) is 24.2 Å². The summed E-state index contributed by atoms with van der Waals surface area (Å²) in [5.74, 6) is 0. The quantitative estimate of drug-likeness (QED) is 0.699. The smallest absolute Gasteiger partial charge is 0.250 e. The number of hydrogen-bond acceptors (Lipinski definition) is 5. The third-order valence-corrected chi connectivity index (χ3v) is 5.68. The van der Waals surface area contributed by atoms with Crippen LogP contribution in [-0.2, 0) is 21.3 Å². The maximum atomic E-state index is 11.9. The molecule has 1 aliphatic rings. The van der Waals surface area contributed by atoms with E-state index >= 15 is 0 Å². The van der Waals surface area contributed by atoms with Crippen LogP contribution in [0.2, 0.25) is 0 Å². The normalized spacial score (nSPS) is 16.1. The van der Waals surface area contributed by atoms with Gasteiger partial charge in [-0.1, -0.05) is 0 Å². The van der Waals surface area contributed by atoms with Crippen molar-refractivity contribution >= 4 is 21.4 Å². The molecular formula is C11H18N2O3S2. The molecule has 1 saturated carbocycles. The topological polar surface area (TPSA) is 67.4 Å². The Hall–Kier alpha value is -0.470. The molecule has 0 saturated heterocycles. The molecule has 102 valence electrons. The molecule has 0 unspecified atom stereocenters. The van der Waals surface area contributed by atoms with Gasteiger partial charge in [0.2, 0.25) is 10.0 Å². The Labute approximate surface area is 112 Å². The van der Waals surface area contributed by atoms with E-state index in [1.54, 1.807) is 13.2 Å². The second kappa shape index (κ2) is 6.12. The van der Waals surface area contributed by atoms with E-state index in [0.29, 0.717) is 23.4 Å². The minimum atomic E-state index is -3.37. The summed E-state index contributed by atoms with van der Waals surface area (Å²) in [4.78, 5) is 1.05. The van der Waals surface area contributed by atoms with E-state index in [9.17, 15) is 8.42 Å². The third kappa shape index (κ3) is 4.03. The first-order valence-corrected chi connectivity index (χ1v) is 8.22. The standard InChI is InChI=1S/C11H18N2O3S2/c1-16-7-6-13-18(14,15)11-5-4-10(17-11)8-12-9-2-3-9/h4-5,9,12-13H,2-3,6-8H2,1H3. The molecule has 7 heteroatoms. The van der Waals surface area contributed by atoms with Crippen LogP contribution < -0.4 is 10.0 Å². The number of sulfonamides is 1. The summed E-state index contributed by atoms with van der Waals surface area (Å²) in [6.07, 6.45) is 2.46. The van der Waals surface area contributed by atoms with Gasteiger partial charge in [-0.15, -0.1) is 11.3 Å². The van der Waals surface area contributed by atoms with Crippen molar-refractivity contribution in [2.75, 3.05) is 20.3 Å². The molecule has 1 aliphatic carbocycles. The van der Waals surface area contributed by atoms with Gasteiger partial charge in [0.1, 0.15) is 4.21 Å². The fourth-order valence-electron chi connectivity index (χ4n) is 1.48. The molecule has 1 heterocycles. The molecule has 1 aromatic rings. The van der Waals surface area contributed by atoms with Crippen LogP contribution in [0.3, 0.4) is 0 Å². The fraction of sp³-hybridized carbons (Fsp3) is 0.636. The van der Waals surface area contributed by atoms with Crippen molar-refractivity contribution in [2.45, 2.75) is 29.6 Å². The lowest BCUT2D eigenvalue weighted by molar-refractivity contribution is 0.204. The van der Waals surface area contributed by atoms with Crippen molar-refractivity contribution in [1.82, 2.24) is 10.0 Å². The highest BCUT2D eigenvalue weighted by Crippen LogP contribution is 2.23. The van der Waals surface area contributed by atoms with Gasteiger partial charge in [0.05, 0.1) is 6.61 Å². The Morgan fingerprint density at radius 2 is 2.22 bits per heavy atom. The SMILES string of the molecule is COCCNS(=O)(=O)c1ccc(CNC2CC2)s1. The van der Waals surface area contributed by atoms with Crippen LogP contribution >= 0.6 is 11.3 Å². The number of rotatable bonds is 8. The van der Waals surface area contributed by atoms with Gasteiger partial charge < -0.3 is 10.1 Å². The summed E-state index contributed by atoms with van der Waals surface area (Å²) in [5, 5.41) is 3.37. The maximum Gasteiger partial charge on any atom is 0.250 e. The highest BCUT2D eigenvalue weighted by molar-refractivity contribution is 7.91. The second-order valence-electron chi connectivity index (χ2n) is 4.27. The zero-order valence-electron chi connectivity index (χ0n) is 10.3. The maximum absolute atomic E-state index is 11.9. The monoisotopic (exact) mass is 290 g/mol. The first kappa shape index (κ1) is 14.0. The first-order chi connectivity index (χ1) is 8.62. The lowest BCUT2D eigenvalue weighted by Crippen LogP contribution is -2.26. The molecule has 2 rings (SSSR count). The van der Waals surface area contributed by atoms with Crippen LogP contribution in [0.4, 0.5) is 0 Å².